The van der Waals surface area contributed by atoms with Gasteiger partial charge in [-0.25, -0.2) is 8.42 Å². The molecular weight excluding hydrogens is 340 g/mol. The molecule has 0 radical (unpaired) electrons. The quantitative estimate of drug-likeness (QED) is 0.852. The second kappa shape index (κ2) is 7.41. The van der Waals surface area contributed by atoms with Crippen LogP contribution in [0.15, 0.2) is 42.5 Å². The standard InChI is InChI=1S/C18H22N2O4S/c1-25(22,23)20(13-18(21)19-12-15-8-5-11-24-15)17-10-4-7-14-6-2-3-9-16(14)17/h2-4,6-7,9-10,15H,5,8,11-13H2,1H3,(H,19,21). The Labute approximate surface area is 147 Å². The van der Waals surface area contributed by atoms with Gasteiger partial charge in [-0.05, 0) is 24.3 Å². The molecule has 0 saturated carbocycles. The van der Waals surface area contributed by atoms with E-state index in [1.165, 1.54) is 0 Å². The Morgan fingerprint density at radius 1 is 1.24 bits per heavy atom. The topological polar surface area (TPSA) is 75.7 Å². The third-order valence-corrected chi connectivity index (χ3v) is 5.40. The molecule has 1 amide bonds. The summed E-state index contributed by atoms with van der Waals surface area (Å²) in [5, 5.41) is 4.49. The van der Waals surface area contributed by atoms with E-state index in [0.29, 0.717) is 18.8 Å². The SMILES string of the molecule is CS(=O)(=O)N(CC(=O)NCC1CCCO1)c1cccc2ccccc12. The van der Waals surface area contributed by atoms with Crippen LogP contribution in [0.4, 0.5) is 5.69 Å². The van der Waals surface area contributed by atoms with Gasteiger partial charge in [-0.3, -0.25) is 9.10 Å². The van der Waals surface area contributed by atoms with Crippen LogP contribution in [0.5, 0.6) is 0 Å². The molecule has 1 fully saturated rings. The van der Waals surface area contributed by atoms with Gasteiger partial charge in [0, 0.05) is 18.5 Å². The maximum atomic E-state index is 12.3. The van der Waals surface area contributed by atoms with Crippen molar-refractivity contribution in [2.45, 2.75) is 18.9 Å². The number of nitrogens with zero attached hydrogens (tertiary/aromatic N) is 1. The molecule has 1 heterocycles. The molecule has 1 unspecified atom stereocenters. The lowest BCUT2D eigenvalue weighted by Crippen LogP contribution is -2.42. The Bertz CT molecular complexity index is 855. The van der Waals surface area contributed by atoms with Gasteiger partial charge in [0.15, 0.2) is 0 Å². The van der Waals surface area contributed by atoms with Gasteiger partial charge in [0.25, 0.3) is 0 Å². The van der Waals surface area contributed by atoms with E-state index in [4.69, 9.17) is 4.74 Å². The van der Waals surface area contributed by atoms with Crippen molar-refractivity contribution in [1.29, 1.82) is 0 Å². The molecule has 0 aliphatic carbocycles. The molecule has 1 aliphatic rings. The summed E-state index contributed by atoms with van der Waals surface area (Å²) in [6.07, 6.45) is 3.04. The second-order valence-corrected chi connectivity index (χ2v) is 8.11. The summed E-state index contributed by atoms with van der Waals surface area (Å²) < 4.78 is 31.2. The van der Waals surface area contributed by atoms with E-state index in [2.05, 4.69) is 5.32 Å². The number of hydrogen-bond acceptors (Lipinski definition) is 4. The second-order valence-electron chi connectivity index (χ2n) is 6.21. The molecule has 25 heavy (non-hydrogen) atoms. The minimum atomic E-state index is -3.60. The van der Waals surface area contributed by atoms with Crippen molar-refractivity contribution in [2.75, 3.05) is 30.3 Å². The molecule has 2 aromatic rings. The van der Waals surface area contributed by atoms with E-state index in [1.807, 2.05) is 30.3 Å². The lowest BCUT2D eigenvalue weighted by Gasteiger charge is -2.23. The summed E-state index contributed by atoms with van der Waals surface area (Å²) in [5.41, 5.74) is 0.507. The first-order valence-electron chi connectivity index (χ1n) is 8.29. The van der Waals surface area contributed by atoms with Crippen molar-refractivity contribution in [2.24, 2.45) is 0 Å². The van der Waals surface area contributed by atoms with Gasteiger partial charge in [0.2, 0.25) is 15.9 Å². The molecule has 7 heteroatoms. The van der Waals surface area contributed by atoms with Gasteiger partial charge in [0.05, 0.1) is 18.0 Å². The van der Waals surface area contributed by atoms with Crippen molar-refractivity contribution in [3.63, 3.8) is 0 Å². The first-order valence-corrected chi connectivity index (χ1v) is 10.1. The molecule has 134 valence electrons. The third-order valence-electron chi connectivity index (χ3n) is 4.27. The molecule has 0 aromatic heterocycles. The molecule has 2 aromatic carbocycles. The number of benzene rings is 2. The summed E-state index contributed by atoms with van der Waals surface area (Å²) in [7, 11) is -3.60. The van der Waals surface area contributed by atoms with E-state index >= 15 is 0 Å². The first-order chi connectivity index (χ1) is 11.9. The predicted molar refractivity (Wildman–Crippen MR) is 98.1 cm³/mol. The Morgan fingerprint density at radius 3 is 2.72 bits per heavy atom. The van der Waals surface area contributed by atoms with Crippen molar-refractivity contribution in [3.8, 4) is 0 Å². The summed E-state index contributed by atoms with van der Waals surface area (Å²) in [6, 6.07) is 12.9. The lowest BCUT2D eigenvalue weighted by atomic mass is 10.1. The Balaban J connectivity index is 1.81. The smallest absolute Gasteiger partial charge is 0.240 e. The highest BCUT2D eigenvalue weighted by atomic mass is 32.2. The zero-order valence-corrected chi connectivity index (χ0v) is 15.0. The van der Waals surface area contributed by atoms with Crippen LogP contribution in [0.2, 0.25) is 0 Å². The van der Waals surface area contributed by atoms with E-state index in [0.717, 1.165) is 34.2 Å². The predicted octanol–water partition coefficient (Wildman–Crippen LogP) is 1.90. The molecule has 1 atom stereocenters. The number of ether oxygens (including phenoxy) is 1. The lowest BCUT2D eigenvalue weighted by molar-refractivity contribution is -0.120. The Morgan fingerprint density at radius 2 is 2.00 bits per heavy atom. The van der Waals surface area contributed by atoms with Crippen LogP contribution in [0.25, 0.3) is 10.8 Å². The summed E-state index contributed by atoms with van der Waals surface area (Å²) in [4.78, 5) is 12.3. The van der Waals surface area contributed by atoms with E-state index in [-0.39, 0.29) is 18.6 Å². The van der Waals surface area contributed by atoms with Crippen molar-refractivity contribution in [1.82, 2.24) is 5.32 Å². The fourth-order valence-corrected chi connectivity index (χ4v) is 3.89. The Kier molecular flexibility index (Phi) is 5.24. The average Bonchev–Trinajstić information content (AvgIpc) is 3.10. The minimum absolute atomic E-state index is 0.0215. The van der Waals surface area contributed by atoms with E-state index in [1.54, 1.807) is 12.1 Å². The molecule has 1 saturated heterocycles. The van der Waals surface area contributed by atoms with Gasteiger partial charge in [-0.15, -0.1) is 0 Å². The van der Waals surface area contributed by atoms with Crippen LogP contribution in [-0.4, -0.2) is 46.4 Å². The largest absolute Gasteiger partial charge is 0.376 e. The van der Waals surface area contributed by atoms with Gasteiger partial charge in [-0.1, -0.05) is 36.4 Å². The minimum Gasteiger partial charge on any atom is -0.376 e. The fraction of sp³-hybridized carbons (Fsp3) is 0.389. The highest BCUT2D eigenvalue weighted by Crippen LogP contribution is 2.28. The van der Waals surface area contributed by atoms with Crippen LogP contribution in [0, 0.1) is 0 Å². The van der Waals surface area contributed by atoms with Gasteiger partial charge < -0.3 is 10.1 Å². The van der Waals surface area contributed by atoms with Gasteiger partial charge >= 0.3 is 0 Å². The maximum Gasteiger partial charge on any atom is 0.240 e. The van der Waals surface area contributed by atoms with Crippen LogP contribution in [0.1, 0.15) is 12.8 Å². The number of amides is 1. The molecule has 0 spiro atoms. The molecular formula is C18H22N2O4S. The van der Waals surface area contributed by atoms with E-state index < -0.39 is 10.0 Å². The van der Waals surface area contributed by atoms with Crippen molar-refractivity contribution in [3.05, 3.63) is 42.5 Å². The third kappa shape index (κ3) is 4.29. The van der Waals surface area contributed by atoms with Crippen LogP contribution < -0.4 is 9.62 Å². The number of carbonyl (C=O) groups excluding carboxylic acids is 1. The van der Waals surface area contributed by atoms with Crippen LogP contribution in [-0.2, 0) is 19.6 Å². The zero-order valence-electron chi connectivity index (χ0n) is 14.1. The maximum absolute atomic E-state index is 12.3. The number of carbonyl (C=O) groups is 1. The first kappa shape index (κ1) is 17.7. The number of rotatable bonds is 6. The number of hydrogen-bond donors (Lipinski definition) is 1. The number of fused-ring (bicyclic) bond motifs is 1. The van der Waals surface area contributed by atoms with Crippen LogP contribution >= 0.6 is 0 Å². The molecule has 1 aliphatic heterocycles. The highest BCUT2D eigenvalue weighted by molar-refractivity contribution is 7.92. The summed E-state index contributed by atoms with van der Waals surface area (Å²) in [5.74, 6) is -0.339. The molecule has 6 nitrogen and oxygen atoms in total. The Hall–Kier alpha value is -2.12. The summed E-state index contributed by atoms with van der Waals surface area (Å²) in [6.45, 7) is 0.873. The normalized spacial score (nSPS) is 17.6. The highest BCUT2D eigenvalue weighted by Gasteiger charge is 2.23. The van der Waals surface area contributed by atoms with Crippen molar-refractivity contribution >= 4 is 32.4 Å². The molecule has 3 rings (SSSR count). The van der Waals surface area contributed by atoms with Gasteiger partial charge in [0.1, 0.15) is 6.54 Å². The number of sulfonamides is 1. The number of nitrogens with one attached hydrogen (secondary N) is 1. The van der Waals surface area contributed by atoms with Crippen molar-refractivity contribution < 1.29 is 17.9 Å². The zero-order chi connectivity index (χ0) is 17.9. The van der Waals surface area contributed by atoms with Gasteiger partial charge in [-0.2, -0.15) is 0 Å². The molecule has 0 bridgehead atoms. The summed E-state index contributed by atoms with van der Waals surface area (Å²) >= 11 is 0. The molecule has 1 N–H and O–H groups in total. The average molecular weight is 362 g/mol. The number of anilines is 1. The van der Waals surface area contributed by atoms with E-state index in [9.17, 15) is 13.2 Å². The fourth-order valence-electron chi connectivity index (χ4n) is 3.03. The van der Waals surface area contributed by atoms with Crippen LogP contribution in [0.3, 0.4) is 0 Å². The monoisotopic (exact) mass is 362 g/mol.